The van der Waals surface area contributed by atoms with Crippen molar-refractivity contribution in [3.05, 3.63) is 54.1 Å². The van der Waals surface area contributed by atoms with Crippen molar-refractivity contribution < 1.29 is 9.90 Å². The fourth-order valence-corrected chi connectivity index (χ4v) is 3.23. The lowest BCUT2D eigenvalue weighted by atomic mass is 10.1. The van der Waals surface area contributed by atoms with Gasteiger partial charge in [0, 0.05) is 5.56 Å². The van der Waals surface area contributed by atoms with Crippen LogP contribution in [0.15, 0.2) is 53.7 Å². The molecule has 0 radical (unpaired) electrons. The van der Waals surface area contributed by atoms with Crippen LogP contribution in [-0.2, 0) is 11.2 Å². The van der Waals surface area contributed by atoms with Crippen LogP contribution in [0, 0.1) is 0 Å². The maximum atomic E-state index is 11.2. The quantitative estimate of drug-likeness (QED) is 0.664. The van der Waals surface area contributed by atoms with E-state index in [2.05, 4.69) is 23.2 Å². The smallest absolute Gasteiger partial charge is 0.227 e. The summed E-state index contributed by atoms with van der Waals surface area (Å²) in [6.45, 7) is 2.08. The Hall–Kier alpha value is -2.80. The van der Waals surface area contributed by atoms with Gasteiger partial charge in [-0.15, -0.1) is 10.2 Å². The lowest BCUT2D eigenvalue weighted by Gasteiger charge is -2.13. The third-order valence-electron chi connectivity index (χ3n) is 3.72. The number of primary amides is 1. The van der Waals surface area contributed by atoms with Gasteiger partial charge in [-0.25, -0.2) is 0 Å². The number of aromatic nitrogens is 3. The summed E-state index contributed by atoms with van der Waals surface area (Å²) in [6, 6.07) is 14.8. The van der Waals surface area contributed by atoms with E-state index < -0.39 is 5.91 Å². The van der Waals surface area contributed by atoms with Gasteiger partial charge >= 0.3 is 0 Å². The highest BCUT2D eigenvalue weighted by Gasteiger charge is 2.18. The van der Waals surface area contributed by atoms with Gasteiger partial charge in [-0.1, -0.05) is 36.9 Å². The molecular formula is C18H18N4O2S. The van der Waals surface area contributed by atoms with Gasteiger partial charge in [0.05, 0.1) is 11.4 Å². The predicted octanol–water partition coefficient (Wildman–Crippen LogP) is 2.78. The number of carbonyl (C=O) groups is 1. The number of thioether (sulfide) groups is 1. The number of benzene rings is 2. The molecule has 0 fully saturated rings. The van der Waals surface area contributed by atoms with Crippen molar-refractivity contribution in [2.45, 2.75) is 18.5 Å². The molecule has 6 nitrogen and oxygen atoms in total. The molecule has 25 heavy (non-hydrogen) atoms. The summed E-state index contributed by atoms with van der Waals surface area (Å²) >= 11 is 1.25. The fourth-order valence-electron chi connectivity index (χ4n) is 2.54. The number of phenolic OH excluding ortho intramolecular Hbond substituents is 1. The number of nitrogens with zero attached hydrogens (tertiary/aromatic N) is 3. The Labute approximate surface area is 149 Å². The van der Waals surface area contributed by atoms with Crippen LogP contribution in [0.3, 0.4) is 0 Å². The van der Waals surface area contributed by atoms with Crippen molar-refractivity contribution in [2.75, 3.05) is 5.75 Å². The molecule has 0 aliphatic carbocycles. The summed E-state index contributed by atoms with van der Waals surface area (Å²) in [7, 11) is 0. The summed E-state index contributed by atoms with van der Waals surface area (Å²) < 4.78 is 1.93. The van der Waals surface area contributed by atoms with Crippen LogP contribution in [0.5, 0.6) is 5.75 Å². The molecule has 3 aromatic rings. The average molecular weight is 354 g/mol. The van der Waals surface area contributed by atoms with Crippen molar-refractivity contribution in [2.24, 2.45) is 5.73 Å². The van der Waals surface area contributed by atoms with Gasteiger partial charge in [0.1, 0.15) is 5.75 Å². The topological polar surface area (TPSA) is 94.0 Å². The molecule has 2 aromatic carbocycles. The molecule has 0 spiro atoms. The Morgan fingerprint density at radius 1 is 1.16 bits per heavy atom. The van der Waals surface area contributed by atoms with Gasteiger partial charge in [-0.2, -0.15) is 0 Å². The Morgan fingerprint density at radius 2 is 1.88 bits per heavy atom. The number of aromatic hydroxyl groups is 1. The summed E-state index contributed by atoms with van der Waals surface area (Å²) in [5.41, 5.74) is 8.20. The number of para-hydroxylation sites is 1. The Bertz CT molecular complexity index is 890. The largest absolute Gasteiger partial charge is 0.508 e. The maximum absolute atomic E-state index is 11.2. The molecule has 1 heterocycles. The number of hydrogen-bond acceptors (Lipinski definition) is 5. The first-order chi connectivity index (χ1) is 12.1. The lowest BCUT2D eigenvalue weighted by Crippen LogP contribution is -2.14. The van der Waals surface area contributed by atoms with E-state index in [1.54, 1.807) is 24.3 Å². The van der Waals surface area contributed by atoms with Crippen LogP contribution in [0.4, 0.5) is 0 Å². The van der Waals surface area contributed by atoms with E-state index in [1.165, 1.54) is 11.8 Å². The number of nitrogens with two attached hydrogens (primary N) is 1. The van der Waals surface area contributed by atoms with Crippen molar-refractivity contribution >= 4 is 17.7 Å². The first kappa shape index (κ1) is 17.0. The van der Waals surface area contributed by atoms with Crippen LogP contribution < -0.4 is 5.73 Å². The summed E-state index contributed by atoms with van der Waals surface area (Å²) in [4.78, 5) is 11.2. The van der Waals surface area contributed by atoms with Crippen molar-refractivity contribution in [3.8, 4) is 22.8 Å². The van der Waals surface area contributed by atoms with E-state index in [0.717, 1.165) is 23.2 Å². The molecule has 0 atom stereocenters. The third-order valence-corrected chi connectivity index (χ3v) is 4.67. The fraction of sp³-hybridized carbons (Fsp3) is 0.167. The Balaban J connectivity index is 2.16. The number of phenols is 1. The van der Waals surface area contributed by atoms with Crippen molar-refractivity contribution in [3.63, 3.8) is 0 Å². The van der Waals surface area contributed by atoms with Gasteiger partial charge in [0.15, 0.2) is 11.0 Å². The van der Waals surface area contributed by atoms with E-state index in [4.69, 9.17) is 5.73 Å². The zero-order valence-corrected chi connectivity index (χ0v) is 14.5. The molecule has 0 saturated carbocycles. The average Bonchev–Trinajstić information content (AvgIpc) is 3.04. The molecule has 0 saturated heterocycles. The Morgan fingerprint density at radius 3 is 2.56 bits per heavy atom. The van der Waals surface area contributed by atoms with Gasteiger partial charge in [0.25, 0.3) is 0 Å². The molecule has 0 aliphatic rings. The normalized spacial score (nSPS) is 10.8. The molecule has 0 bridgehead atoms. The second-order valence-electron chi connectivity index (χ2n) is 5.43. The minimum atomic E-state index is -0.408. The summed E-state index contributed by atoms with van der Waals surface area (Å²) in [5.74, 6) is 0.552. The minimum Gasteiger partial charge on any atom is -0.508 e. The van der Waals surface area contributed by atoms with Gasteiger partial charge in [0.2, 0.25) is 5.91 Å². The Kier molecular flexibility index (Phi) is 5.04. The number of carbonyl (C=O) groups excluding carboxylic acids is 1. The van der Waals surface area contributed by atoms with Crippen molar-refractivity contribution in [1.29, 1.82) is 0 Å². The first-order valence-corrected chi connectivity index (χ1v) is 8.83. The second-order valence-corrected chi connectivity index (χ2v) is 6.37. The third kappa shape index (κ3) is 3.66. The van der Waals surface area contributed by atoms with Crippen LogP contribution in [-0.4, -0.2) is 31.5 Å². The summed E-state index contributed by atoms with van der Waals surface area (Å²) in [5, 5.41) is 18.7. The van der Waals surface area contributed by atoms with E-state index in [9.17, 15) is 9.90 Å². The molecular weight excluding hydrogens is 336 g/mol. The van der Waals surface area contributed by atoms with E-state index >= 15 is 0 Å². The highest BCUT2D eigenvalue weighted by molar-refractivity contribution is 7.99. The van der Waals surface area contributed by atoms with Crippen molar-refractivity contribution in [1.82, 2.24) is 14.8 Å². The number of hydrogen-bond donors (Lipinski definition) is 2. The molecule has 1 amide bonds. The van der Waals surface area contributed by atoms with Gasteiger partial charge in [-0.3, -0.25) is 9.36 Å². The first-order valence-electron chi connectivity index (χ1n) is 7.84. The van der Waals surface area contributed by atoms with E-state index in [1.807, 2.05) is 22.8 Å². The molecule has 128 valence electrons. The second kappa shape index (κ2) is 7.40. The van der Waals surface area contributed by atoms with Crippen LogP contribution in [0.2, 0.25) is 0 Å². The lowest BCUT2D eigenvalue weighted by molar-refractivity contribution is -0.115. The standard InChI is InChI=1S/C18H18N4O2S/c1-2-12-5-3-4-6-15(12)22-17(13-7-9-14(23)10-8-13)20-21-18(22)25-11-16(19)24/h3-10,23H,2,11H2,1H3,(H2,19,24). The monoisotopic (exact) mass is 354 g/mol. The predicted molar refractivity (Wildman–Crippen MR) is 97.8 cm³/mol. The highest BCUT2D eigenvalue weighted by Crippen LogP contribution is 2.30. The number of aryl methyl sites for hydroxylation is 1. The molecule has 1 aromatic heterocycles. The SMILES string of the molecule is CCc1ccccc1-n1c(SCC(N)=O)nnc1-c1ccc(O)cc1. The van der Waals surface area contributed by atoms with Gasteiger partial charge in [-0.05, 0) is 42.3 Å². The zero-order valence-electron chi connectivity index (χ0n) is 13.7. The number of rotatable bonds is 6. The molecule has 0 aliphatic heterocycles. The van der Waals surface area contributed by atoms with Crippen LogP contribution in [0.25, 0.3) is 17.1 Å². The molecule has 3 rings (SSSR count). The minimum absolute atomic E-state index is 0.127. The van der Waals surface area contributed by atoms with Crippen LogP contribution in [0.1, 0.15) is 12.5 Å². The maximum Gasteiger partial charge on any atom is 0.227 e. The zero-order chi connectivity index (χ0) is 17.8. The highest BCUT2D eigenvalue weighted by atomic mass is 32.2. The number of amides is 1. The molecule has 0 unspecified atom stereocenters. The van der Waals surface area contributed by atoms with Gasteiger partial charge < -0.3 is 10.8 Å². The van der Waals surface area contributed by atoms with E-state index in [-0.39, 0.29) is 11.5 Å². The van der Waals surface area contributed by atoms with Crippen LogP contribution >= 0.6 is 11.8 Å². The molecule has 3 N–H and O–H groups in total. The summed E-state index contributed by atoms with van der Waals surface area (Å²) in [6.07, 6.45) is 0.850. The molecule has 7 heteroatoms. The van der Waals surface area contributed by atoms with E-state index in [0.29, 0.717) is 11.0 Å².